The lowest BCUT2D eigenvalue weighted by molar-refractivity contribution is -0.136. The minimum atomic E-state index is -0.921. The predicted molar refractivity (Wildman–Crippen MR) is 95.6 cm³/mol. The number of carbonyl (C=O) groups excluding carboxylic acids is 2. The molecule has 3 rings (SSSR count). The van der Waals surface area contributed by atoms with Gasteiger partial charge in [-0.1, -0.05) is 50.2 Å². The summed E-state index contributed by atoms with van der Waals surface area (Å²) < 4.78 is 17.0. The van der Waals surface area contributed by atoms with E-state index in [9.17, 15) is 9.59 Å². The van der Waals surface area contributed by atoms with E-state index in [2.05, 4.69) is 0 Å². The Balaban J connectivity index is 1.74. The zero-order valence-corrected chi connectivity index (χ0v) is 14.8. The summed E-state index contributed by atoms with van der Waals surface area (Å²) in [5, 5.41) is 0. The fourth-order valence-corrected chi connectivity index (χ4v) is 3.07. The van der Waals surface area contributed by atoms with Gasteiger partial charge >= 0.3 is 11.9 Å². The van der Waals surface area contributed by atoms with Gasteiger partial charge in [-0.05, 0) is 30.7 Å². The molecule has 136 valence electrons. The lowest BCUT2D eigenvalue weighted by atomic mass is 9.99. The number of esters is 2. The van der Waals surface area contributed by atoms with Crippen molar-refractivity contribution in [2.24, 2.45) is 5.92 Å². The Labute approximate surface area is 152 Å². The second-order valence-electron chi connectivity index (χ2n) is 6.32. The topological polar surface area (TPSA) is 61.8 Å². The van der Waals surface area contributed by atoms with E-state index >= 15 is 0 Å². The summed E-state index contributed by atoms with van der Waals surface area (Å²) >= 11 is 0. The van der Waals surface area contributed by atoms with Gasteiger partial charge in [0.1, 0.15) is 0 Å². The van der Waals surface area contributed by atoms with Crippen LogP contribution in [0.1, 0.15) is 41.0 Å². The zero-order valence-electron chi connectivity index (χ0n) is 14.8. The van der Waals surface area contributed by atoms with Gasteiger partial charge in [-0.3, -0.25) is 0 Å². The van der Waals surface area contributed by atoms with Gasteiger partial charge in [0.15, 0.2) is 6.10 Å². The first-order valence-electron chi connectivity index (χ1n) is 8.77. The van der Waals surface area contributed by atoms with Crippen LogP contribution in [-0.2, 0) is 14.2 Å². The van der Waals surface area contributed by atoms with E-state index in [-0.39, 0.29) is 12.0 Å². The van der Waals surface area contributed by atoms with E-state index in [1.54, 1.807) is 48.5 Å². The van der Waals surface area contributed by atoms with Crippen molar-refractivity contribution < 1.29 is 23.8 Å². The van der Waals surface area contributed by atoms with Crippen LogP contribution in [0.5, 0.6) is 0 Å². The van der Waals surface area contributed by atoms with Crippen LogP contribution in [0.15, 0.2) is 60.7 Å². The molecule has 0 radical (unpaired) electrons. The van der Waals surface area contributed by atoms with Crippen LogP contribution in [-0.4, -0.2) is 30.4 Å². The molecule has 0 bridgehead atoms. The van der Waals surface area contributed by atoms with Crippen molar-refractivity contribution in [2.75, 3.05) is 0 Å². The summed E-state index contributed by atoms with van der Waals surface area (Å²) in [7, 11) is 0. The lowest BCUT2D eigenvalue weighted by Gasteiger charge is -2.21. The third-order valence-electron chi connectivity index (χ3n) is 4.57. The highest BCUT2D eigenvalue weighted by atomic mass is 16.7. The van der Waals surface area contributed by atoms with Crippen LogP contribution in [0.4, 0.5) is 0 Å². The number of benzene rings is 2. The van der Waals surface area contributed by atoms with Gasteiger partial charge in [0, 0.05) is 5.92 Å². The molecule has 2 aromatic rings. The highest BCUT2D eigenvalue weighted by molar-refractivity contribution is 5.90. The monoisotopic (exact) mass is 354 g/mol. The van der Waals surface area contributed by atoms with Crippen molar-refractivity contribution in [3.05, 3.63) is 71.8 Å². The van der Waals surface area contributed by atoms with Crippen molar-refractivity contribution in [3.63, 3.8) is 0 Å². The van der Waals surface area contributed by atoms with Crippen LogP contribution in [0.25, 0.3) is 0 Å². The molecule has 0 N–H and O–H groups in total. The summed E-state index contributed by atoms with van der Waals surface area (Å²) in [4.78, 5) is 24.8. The van der Waals surface area contributed by atoms with Crippen molar-refractivity contribution in [1.82, 2.24) is 0 Å². The molecule has 5 nitrogen and oxygen atoms in total. The summed E-state index contributed by atoms with van der Waals surface area (Å²) in [5.41, 5.74) is 0.879. The molecule has 1 aliphatic rings. The molecule has 0 aromatic heterocycles. The SMILES string of the molecule is CC[C@H]1O[C@H](OC(=O)c2ccccc2)[C@@H](OC(=O)c2ccccc2)C1C. The molecule has 1 heterocycles. The normalized spacial score (nSPS) is 24.8. The van der Waals surface area contributed by atoms with E-state index in [4.69, 9.17) is 14.2 Å². The van der Waals surface area contributed by atoms with Crippen LogP contribution in [0, 0.1) is 5.92 Å². The first-order valence-corrected chi connectivity index (χ1v) is 8.77. The van der Waals surface area contributed by atoms with Gasteiger partial charge in [0.05, 0.1) is 17.2 Å². The van der Waals surface area contributed by atoms with Crippen LogP contribution in [0.2, 0.25) is 0 Å². The number of carbonyl (C=O) groups is 2. The Hall–Kier alpha value is -2.66. The zero-order chi connectivity index (χ0) is 18.5. The Kier molecular flexibility index (Phi) is 5.68. The van der Waals surface area contributed by atoms with Crippen LogP contribution >= 0.6 is 0 Å². The first-order chi connectivity index (χ1) is 12.6. The summed E-state index contributed by atoms with van der Waals surface area (Å²) in [5.74, 6) is -1.04. The molecule has 2 aromatic carbocycles. The molecular formula is C21H22O5. The van der Waals surface area contributed by atoms with E-state index in [0.717, 1.165) is 6.42 Å². The second-order valence-corrected chi connectivity index (χ2v) is 6.32. The molecule has 1 saturated heterocycles. The Bertz CT molecular complexity index is 744. The van der Waals surface area contributed by atoms with Gasteiger partial charge in [0.25, 0.3) is 0 Å². The molecule has 1 unspecified atom stereocenters. The van der Waals surface area contributed by atoms with Crippen molar-refractivity contribution in [2.45, 2.75) is 38.8 Å². The molecule has 5 heteroatoms. The molecule has 4 atom stereocenters. The largest absolute Gasteiger partial charge is 0.452 e. The molecule has 26 heavy (non-hydrogen) atoms. The molecule has 0 amide bonds. The molecule has 1 fully saturated rings. The van der Waals surface area contributed by atoms with Gasteiger partial charge < -0.3 is 14.2 Å². The highest BCUT2D eigenvalue weighted by Gasteiger charge is 2.46. The number of ether oxygens (including phenoxy) is 3. The van der Waals surface area contributed by atoms with Gasteiger partial charge in [-0.25, -0.2) is 9.59 Å². The van der Waals surface area contributed by atoms with E-state index in [0.29, 0.717) is 11.1 Å². The van der Waals surface area contributed by atoms with Crippen LogP contribution in [0.3, 0.4) is 0 Å². The summed E-state index contributed by atoms with van der Waals surface area (Å²) in [6.45, 7) is 3.92. The van der Waals surface area contributed by atoms with E-state index < -0.39 is 24.3 Å². The predicted octanol–water partition coefficient (Wildman–Crippen LogP) is 3.84. The standard InChI is InChI=1S/C21H22O5/c1-3-17-14(2)18(25-19(22)15-10-6-4-7-11-15)21(24-17)26-20(23)16-12-8-5-9-13-16/h4-14,17-18,21H,3H2,1-2H3/t14?,17-,18+,21-/m1/s1. The molecule has 0 spiro atoms. The second kappa shape index (κ2) is 8.15. The summed E-state index contributed by atoms with van der Waals surface area (Å²) in [6.07, 6.45) is -0.979. The van der Waals surface area contributed by atoms with Gasteiger partial charge in [0.2, 0.25) is 6.29 Å². The Morgan fingerprint density at radius 2 is 1.38 bits per heavy atom. The minimum absolute atomic E-state index is 0.0822. The Morgan fingerprint density at radius 1 is 0.885 bits per heavy atom. The molecule has 0 saturated carbocycles. The van der Waals surface area contributed by atoms with Crippen molar-refractivity contribution in [3.8, 4) is 0 Å². The third-order valence-corrected chi connectivity index (χ3v) is 4.57. The fraction of sp³-hybridized carbons (Fsp3) is 0.333. The number of hydrogen-bond acceptors (Lipinski definition) is 5. The molecular weight excluding hydrogens is 332 g/mol. The maximum Gasteiger partial charge on any atom is 0.340 e. The number of rotatable bonds is 5. The quantitative estimate of drug-likeness (QED) is 0.764. The van der Waals surface area contributed by atoms with E-state index in [1.165, 1.54) is 0 Å². The maximum atomic E-state index is 12.4. The summed E-state index contributed by atoms with van der Waals surface area (Å²) in [6, 6.07) is 17.4. The van der Waals surface area contributed by atoms with E-state index in [1.807, 2.05) is 26.0 Å². The minimum Gasteiger partial charge on any atom is -0.452 e. The first kappa shape index (κ1) is 18.1. The fourth-order valence-electron chi connectivity index (χ4n) is 3.07. The van der Waals surface area contributed by atoms with Crippen LogP contribution < -0.4 is 0 Å². The maximum absolute atomic E-state index is 12.4. The molecule has 0 aliphatic carbocycles. The average Bonchev–Trinajstić information content (AvgIpc) is 2.98. The average molecular weight is 354 g/mol. The molecule has 1 aliphatic heterocycles. The highest BCUT2D eigenvalue weighted by Crippen LogP contribution is 2.33. The lowest BCUT2D eigenvalue weighted by Crippen LogP contribution is -2.35. The number of hydrogen-bond donors (Lipinski definition) is 0. The third kappa shape index (κ3) is 3.94. The smallest absolute Gasteiger partial charge is 0.340 e. The Morgan fingerprint density at radius 3 is 1.88 bits per heavy atom. The van der Waals surface area contributed by atoms with Crippen molar-refractivity contribution in [1.29, 1.82) is 0 Å². The van der Waals surface area contributed by atoms with Crippen molar-refractivity contribution >= 4 is 11.9 Å². The van der Waals surface area contributed by atoms with Gasteiger partial charge in [-0.2, -0.15) is 0 Å². The van der Waals surface area contributed by atoms with Gasteiger partial charge in [-0.15, -0.1) is 0 Å².